The van der Waals surface area contributed by atoms with Crippen LogP contribution in [0.25, 0.3) is 21.8 Å². The van der Waals surface area contributed by atoms with E-state index in [1.54, 1.807) is 12.1 Å². The highest BCUT2D eigenvalue weighted by Crippen LogP contribution is 2.27. The van der Waals surface area contributed by atoms with Gasteiger partial charge in [-0.1, -0.05) is 36.4 Å². The Morgan fingerprint density at radius 1 is 0.880 bits per heavy atom. The quantitative estimate of drug-likeness (QED) is 0.536. The molecule has 124 valence electrons. The van der Waals surface area contributed by atoms with Gasteiger partial charge in [-0.05, 0) is 36.4 Å². The monoisotopic (exact) mass is 332 g/mol. The van der Waals surface area contributed by atoms with Gasteiger partial charge >= 0.3 is 5.97 Å². The molecule has 3 aromatic carbocycles. The topological polar surface area (TPSA) is 63.4 Å². The molecule has 0 bridgehead atoms. The SMILES string of the molecule is O=C(COc1ccccc1)ONc1ccc2[nH]c3ccccc3c2c1. The first-order valence-corrected chi connectivity index (χ1v) is 7.93. The van der Waals surface area contributed by atoms with Gasteiger partial charge in [-0.25, -0.2) is 10.3 Å². The van der Waals surface area contributed by atoms with Crippen LogP contribution in [0.4, 0.5) is 5.69 Å². The Morgan fingerprint density at radius 2 is 1.64 bits per heavy atom. The summed E-state index contributed by atoms with van der Waals surface area (Å²) in [5.74, 6) is 0.127. The normalized spacial score (nSPS) is 10.7. The summed E-state index contributed by atoms with van der Waals surface area (Å²) in [6.45, 7) is -0.160. The molecule has 0 spiro atoms. The molecule has 0 aliphatic heterocycles. The predicted octanol–water partition coefficient (Wildman–Crippen LogP) is 4.27. The van der Waals surface area contributed by atoms with E-state index in [1.165, 1.54) is 0 Å². The maximum atomic E-state index is 11.8. The highest BCUT2D eigenvalue weighted by atomic mass is 16.7. The van der Waals surface area contributed by atoms with E-state index in [9.17, 15) is 4.79 Å². The Labute approximate surface area is 144 Å². The van der Waals surface area contributed by atoms with Gasteiger partial charge in [0.1, 0.15) is 5.75 Å². The summed E-state index contributed by atoms with van der Waals surface area (Å²) in [4.78, 5) is 20.2. The van der Waals surface area contributed by atoms with Crippen molar-refractivity contribution in [1.82, 2.24) is 4.98 Å². The average molecular weight is 332 g/mol. The second-order valence-electron chi connectivity index (χ2n) is 5.61. The summed E-state index contributed by atoms with van der Waals surface area (Å²) >= 11 is 0. The molecule has 25 heavy (non-hydrogen) atoms. The molecule has 0 aliphatic carbocycles. The zero-order valence-electron chi connectivity index (χ0n) is 13.4. The third-order valence-electron chi connectivity index (χ3n) is 3.89. The lowest BCUT2D eigenvalue weighted by Crippen LogP contribution is -2.18. The van der Waals surface area contributed by atoms with E-state index >= 15 is 0 Å². The Balaban J connectivity index is 1.42. The number of benzene rings is 3. The molecule has 0 atom stereocenters. The number of aromatic amines is 1. The Hall–Kier alpha value is -3.47. The summed E-state index contributed by atoms with van der Waals surface area (Å²) in [6.07, 6.45) is 0. The van der Waals surface area contributed by atoms with Gasteiger partial charge in [-0.15, -0.1) is 0 Å². The van der Waals surface area contributed by atoms with Gasteiger partial charge in [-0.2, -0.15) is 0 Å². The second kappa shape index (κ2) is 6.57. The van der Waals surface area contributed by atoms with Crippen LogP contribution in [0.3, 0.4) is 0 Å². The lowest BCUT2D eigenvalue weighted by Gasteiger charge is -2.08. The van der Waals surface area contributed by atoms with Crippen molar-refractivity contribution in [3.05, 3.63) is 72.8 Å². The van der Waals surface area contributed by atoms with Gasteiger partial charge in [-0.3, -0.25) is 0 Å². The largest absolute Gasteiger partial charge is 0.482 e. The zero-order valence-corrected chi connectivity index (χ0v) is 13.4. The molecule has 0 unspecified atom stereocenters. The van der Waals surface area contributed by atoms with E-state index < -0.39 is 5.97 Å². The van der Waals surface area contributed by atoms with Gasteiger partial charge in [0.2, 0.25) is 0 Å². The number of rotatable bonds is 5. The minimum absolute atomic E-state index is 0.160. The van der Waals surface area contributed by atoms with E-state index in [1.807, 2.05) is 54.6 Å². The van der Waals surface area contributed by atoms with Crippen LogP contribution in [0.1, 0.15) is 0 Å². The van der Waals surface area contributed by atoms with E-state index in [4.69, 9.17) is 9.57 Å². The van der Waals surface area contributed by atoms with Crippen LogP contribution in [0.2, 0.25) is 0 Å². The van der Waals surface area contributed by atoms with Crippen LogP contribution in [0.15, 0.2) is 72.8 Å². The Morgan fingerprint density at radius 3 is 2.52 bits per heavy atom. The molecule has 0 fully saturated rings. The maximum Gasteiger partial charge on any atom is 0.369 e. The fraction of sp³-hybridized carbons (Fsp3) is 0.0500. The lowest BCUT2D eigenvalue weighted by molar-refractivity contribution is -0.143. The second-order valence-corrected chi connectivity index (χ2v) is 5.61. The fourth-order valence-electron chi connectivity index (χ4n) is 2.72. The standard InChI is InChI=1S/C20H16N2O3/c23-20(13-24-15-6-2-1-3-7-15)25-22-14-10-11-19-17(12-14)16-8-4-5-9-18(16)21-19/h1-12,21-22H,13H2. The summed E-state index contributed by atoms with van der Waals surface area (Å²) in [5.41, 5.74) is 5.49. The number of carbonyl (C=O) groups is 1. The number of aromatic nitrogens is 1. The number of hydrogen-bond donors (Lipinski definition) is 2. The molecule has 0 amide bonds. The minimum atomic E-state index is -0.497. The molecule has 1 aromatic heterocycles. The number of carbonyl (C=O) groups excluding carboxylic acids is 1. The van der Waals surface area contributed by atoms with Gasteiger partial charge in [0.15, 0.2) is 6.61 Å². The molecule has 0 aliphatic rings. The molecule has 5 heteroatoms. The van der Waals surface area contributed by atoms with E-state index in [0.29, 0.717) is 11.4 Å². The van der Waals surface area contributed by atoms with Crippen molar-refractivity contribution in [2.45, 2.75) is 0 Å². The number of hydrogen-bond acceptors (Lipinski definition) is 4. The number of anilines is 1. The van der Waals surface area contributed by atoms with Gasteiger partial charge < -0.3 is 14.6 Å². The van der Waals surface area contributed by atoms with Gasteiger partial charge in [0, 0.05) is 21.8 Å². The van der Waals surface area contributed by atoms with Crippen LogP contribution in [0, 0.1) is 0 Å². The van der Waals surface area contributed by atoms with Crippen molar-refractivity contribution >= 4 is 33.5 Å². The molecule has 0 saturated carbocycles. The van der Waals surface area contributed by atoms with Crippen LogP contribution in [0.5, 0.6) is 5.75 Å². The first-order valence-electron chi connectivity index (χ1n) is 7.93. The highest BCUT2D eigenvalue weighted by molar-refractivity contribution is 6.08. The average Bonchev–Trinajstić information content (AvgIpc) is 3.03. The number of ether oxygens (including phenoxy) is 1. The molecule has 0 radical (unpaired) electrons. The number of H-pyrrole nitrogens is 1. The van der Waals surface area contributed by atoms with Crippen molar-refractivity contribution in [1.29, 1.82) is 0 Å². The van der Waals surface area contributed by atoms with Crippen LogP contribution in [-0.4, -0.2) is 17.6 Å². The van der Waals surface area contributed by atoms with Crippen molar-refractivity contribution in [2.75, 3.05) is 12.1 Å². The lowest BCUT2D eigenvalue weighted by atomic mass is 10.1. The van der Waals surface area contributed by atoms with Gasteiger partial charge in [0.05, 0.1) is 5.69 Å². The summed E-state index contributed by atoms with van der Waals surface area (Å²) in [6, 6.07) is 23.0. The summed E-state index contributed by atoms with van der Waals surface area (Å²) in [5, 5.41) is 2.19. The van der Waals surface area contributed by atoms with Crippen LogP contribution < -0.4 is 10.2 Å². The zero-order chi connectivity index (χ0) is 17.1. The number of nitrogens with one attached hydrogen (secondary N) is 2. The molecule has 5 nitrogen and oxygen atoms in total. The molecular formula is C20H16N2O3. The van der Waals surface area contributed by atoms with Crippen LogP contribution in [-0.2, 0) is 9.63 Å². The third-order valence-corrected chi connectivity index (χ3v) is 3.89. The predicted molar refractivity (Wildman–Crippen MR) is 97.5 cm³/mol. The highest BCUT2D eigenvalue weighted by Gasteiger charge is 2.07. The molecule has 2 N–H and O–H groups in total. The van der Waals surface area contributed by atoms with E-state index in [-0.39, 0.29) is 6.61 Å². The fourth-order valence-corrected chi connectivity index (χ4v) is 2.72. The number of fused-ring (bicyclic) bond motifs is 3. The molecule has 4 aromatic rings. The van der Waals surface area contributed by atoms with Crippen molar-refractivity contribution < 1.29 is 14.4 Å². The van der Waals surface area contributed by atoms with E-state index in [0.717, 1.165) is 21.8 Å². The first kappa shape index (κ1) is 15.1. The van der Waals surface area contributed by atoms with Crippen molar-refractivity contribution in [3.63, 3.8) is 0 Å². The van der Waals surface area contributed by atoms with Crippen molar-refractivity contribution in [2.24, 2.45) is 0 Å². The van der Waals surface area contributed by atoms with Gasteiger partial charge in [0.25, 0.3) is 0 Å². The molecule has 4 rings (SSSR count). The maximum absolute atomic E-state index is 11.8. The Kier molecular flexibility index (Phi) is 3.96. The molecule has 1 heterocycles. The van der Waals surface area contributed by atoms with Crippen LogP contribution >= 0.6 is 0 Å². The first-order chi connectivity index (χ1) is 12.3. The Bertz CT molecular complexity index is 1020. The molecule has 0 saturated heterocycles. The summed E-state index contributed by atoms with van der Waals surface area (Å²) < 4.78 is 5.35. The van der Waals surface area contributed by atoms with Crippen molar-refractivity contribution in [3.8, 4) is 5.75 Å². The smallest absolute Gasteiger partial charge is 0.369 e. The number of para-hydroxylation sites is 2. The minimum Gasteiger partial charge on any atom is -0.482 e. The van der Waals surface area contributed by atoms with E-state index in [2.05, 4.69) is 16.5 Å². The molecular weight excluding hydrogens is 316 g/mol. The third kappa shape index (κ3) is 3.26. The summed E-state index contributed by atoms with van der Waals surface area (Å²) in [7, 11) is 0.